The highest BCUT2D eigenvalue weighted by Gasteiger charge is 2.32. The number of rotatable bonds is 4. The highest BCUT2D eigenvalue weighted by molar-refractivity contribution is 5.95. The van der Waals surface area contributed by atoms with Gasteiger partial charge in [-0.3, -0.25) is 14.6 Å². The van der Waals surface area contributed by atoms with E-state index in [2.05, 4.69) is 15.1 Å². The molecule has 1 amide bonds. The fourth-order valence-electron chi connectivity index (χ4n) is 3.97. The molecule has 0 saturated carbocycles. The maximum atomic E-state index is 12.9. The average molecular weight is 425 g/mol. The third kappa shape index (κ3) is 4.11. The highest BCUT2D eigenvalue weighted by atomic mass is 19.4. The lowest BCUT2D eigenvalue weighted by molar-refractivity contribution is -0.188. The SMILES string of the molecule is Cc1c(C(=O)N2CCC(OCC(F)(F)F)CC2)cnn1-c1nc2c(c(=O)[nH]1)CCC2. The summed E-state index contributed by atoms with van der Waals surface area (Å²) < 4.78 is 43.2. The number of hydrogen-bond acceptors (Lipinski definition) is 5. The zero-order valence-corrected chi connectivity index (χ0v) is 16.5. The van der Waals surface area contributed by atoms with Gasteiger partial charge in [0.1, 0.15) is 6.61 Å². The molecule has 0 bridgehead atoms. The first-order chi connectivity index (χ1) is 14.2. The predicted molar refractivity (Wildman–Crippen MR) is 99.7 cm³/mol. The maximum Gasteiger partial charge on any atom is 0.411 e. The highest BCUT2D eigenvalue weighted by Crippen LogP contribution is 2.22. The lowest BCUT2D eigenvalue weighted by Gasteiger charge is -2.32. The van der Waals surface area contributed by atoms with E-state index < -0.39 is 18.9 Å². The Balaban J connectivity index is 1.45. The number of nitrogens with one attached hydrogen (secondary N) is 1. The Morgan fingerprint density at radius 2 is 2.03 bits per heavy atom. The van der Waals surface area contributed by atoms with Crippen molar-refractivity contribution in [3.63, 3.8) is 0 Å². The number of halogens is 3. The van der Waals surface area contributed by atoms with Crippen LogP contribution in [0, 0.1) is 6.92 Å². The van der Waals surface area contributed by atoms with Crippen molar-refractivity contribution in [1.29, 1.82) is 0 Å². The molecule has 2 aromatic rings. The minimum atomic E-state index is -4.36. The summed E-state index contributed by atoms with van der Waals surface area (Å²) in [4.78, 5) is 34.0. The van der Waals surface area contributed by atoms with Crippen LogP contribution in [-0.2, 0) is 17.6 Å². The van der Waals surface area contributed by atoms with Gasteiger partial charge in [-0.15, -0.1) is 0 Å². The summed E-state index contributed by atoms with van der Waals surface area (Å²) in [5, 5.41) is 4.23. The number of nitrogens with zero attached hydrogens (tertiary/aromatic N) is 4. The molecule has 30 heavy (non-hydrogen) atoms. The topological polar surface area (TPSA) is 93.1 Å². The molecule has 2 aromatic heterocycles. The van der Waals surface area contributed by atoms with Gasteiger partial charge in [0.05, 0.1) is 29.3 Å². The van der Waals surface area contributed by atoms with E-state index in [1.165, 1.54) is 10.9 Å². The molecule has 0 radical (unpaired) electrons. The zero-order chi connectivity index (χ0) is 21.5. The molecular formula is C19H22F3N5O3. The molecule has 1 saturated heterocycles. The summed E-state index contributed by atoms with van der Waals surface area (Å²) in [6.45, 7) is 1.05. The molecule has 0 unspecified atom stereocenters. The number of ether oxygens (including phenoxy) is 1. The standard InChI is InChI=1S/C19H22F3N5O3/c1-11-14(17(29)26-7-5-12(6-8-26)30-10-19(20,21)22)9-23-27(11)18-24-15-4-2-3-13(15)16(28)25-18/h9,12H,2-8,10H2,1H3,(H,24,25,28). The number of amides is 1. The van der Waals surface area contributed by atoms with Crippen LogP contribution < -0.4 is 5.56 Å². The van der Waals surface area contributed by atoms with Crippen molar-refractivity contribution in [2.45, 2.75) is 51.3 Å². The van der Waals surface area contributed by atoms with Crippen LogP contribution in [-0.4, -0.2) is 62.5 Å². The van der Waals surface area contributed by atoms with Gasteiger partial charge in [-0.05, 0) is 39.0 Å². The van der Waals surface area contributed by atoms with Crippen LogP contribution in [0.5, 0.6) is 0 Å². The van der Waals surface area contributed by atoms with Crippen molar-refractivity contribution in [1.82, 2.24) is 24.6 Å². The van der Waals surface area contributed by atoms with Crippen molar-refractivity contribution < 1.29 is 22.7 Å². The molecule has 2 aliphatic rings. The Labute approximate surface area is 170 Å². The smallest absolute Gasteiger partial charge is 0.369 e. The van der Waals surface area contributed by atoms with Gasteiger partial charge in [0.15, 0.2) is 0 Å². The Bertz CT molecular complexity index is 1010. The molecule has 4 rings (SSSR count). The van der Waals surface area contributed by atoms with Gasteiger partial charge < -0.3 is 9.64 Å². The number of aromatic amines is 1. The number of carbonyl (C=O) groups is 1. The van der Waals surface area contributed by atoms with Gasteiger partial charge in [0.2, 0.25) is 5.95 Å². The number of alkyl halides is 3. The molecule has 0 aromatic carbocycles. The summed E-state index contributed by atoms with van der Waals surface area (Å²) in [6, 6.07) is 0. The van der Waals surface area contributed by atoms with Crippen LogP contribution in [0.15, 0.2) is 11.0 Å². The summed E-state index contributed by atoms with van der Waals surface area (Å²) in [6.07, 6.45) is -0.419. The minimum absolute atomic E-state index is 0.184. The number of aromatic nitrogens is 4. The molecule has 11 heteroatoms. The number of likely N-dealkylation sites (tertiary alicyclic amines) is 1. The van der Waals surface area contributed by atoms with E-state index in [0.29, 0.717) is 49.2 Å². The van der Waals surface area contributed by atoms with Gasteiger partial charge in [-0.1, -0.05) is 0 Å². The van der Waals surface area contributed by atoms with Gasteiger partial charge in [0.25, 0.3) is 11.5 Å². The van der Waals surface area contributed by atoms with Crippen LogP contribution in [0.1, 0.15) is 46.6 Å². The molecular weight excluding hydrogens is 403 g/mol. The number of aryl methyl sites for hydroxylation is 1. The van der Waals surface area contributed by atoms with Crippen LogP contribution in [0.4, 0.5) is 13.2 Å². The first-order valence-electron chi connectivity index (χ1n) is 9.87. The largest absolute Gasteiger partial charge is 0.411 e. The van der Waals surface area contributed by atoms with Gasteiger partial charge in [-0.25, -0.2) is 9.67 Å². The zero-order valence-electron chi connectivity index (χ0n) is 16.5. The minimum Gasteiger partial charge on any atom is -0.369 e. The third-order valence-electron chi connectivity index (χ3n) is 5.58. The molecule has 1 N–H and O–H groups in total. The monoisotopic (exact) mass is 425 g/mol. The van der Waals surface area contributed by atoms with E-state index in [1.54, 1.807) is 11.8 Å². The number of carbonyl (C=O) groups excluding carboxylic acids is 1. The summed E-state index contributed by atoms with van der Waals surface area (Å²) in [7, 11) is 0. The van der Waals surface area contributed by atoms with Gasteiger partial charge >= 0.3 is 6.18 Å². The molecule has 162 valence electrons. The summed E-state index contributed by atoms with van der Waals surface area (Å²) in [5.41, 5.74) is 2.19. The van der Waals surface area contributed by atoms with Gasteiger partial charge in [-0.2, -0.15) is 18.3 Å². The van der Waals surface area contributed by atoms with Crippen LogP contribution >= 0.6 is 0 Å². The molecule has 1 aliphatic carbocycles. The third-order valence-corrected chi connectivity index (χ3v) is 5.58. The first kappa shape index (κ1) is 20.6. The van der Waals surface area contributed by atoms with E-state index in [4.69, 9.17) is 4.74 Å². The lowest BCUT2D eigenvalue weighted by atomic mass is 10.1. The normalized spacial score (nSPS) is 17.4. The second-order valence-electron chi connectivity index (χ2n) is 7.64. The fourth-order valence-corrected chi connectivity index (χ4v) is 3.97. The summed E-state index contributed by atoms with van der Waals surface area (Å²) in [5.74, 6) is 0.0213. The Hall–Kier alpha value is -2.69. The molecule has 0 atom stereocenters. The summed E-state index contributed by atoms with van der Waals surface area (Å²) >= 11 is 0. The Morgan fingerprint density at radius 1 is 1.30 bits per heavy atom. The second kappa shape index (κ2) is 7.86. The lowest BCUT2D eigenvalue weighted by Crippen LogP contribution is -2.41. The van der Waals surface area contributed by atoms with E-state index in [1.807, 2.05) is 0 Å². The number of piperidine rings is 1. The Kier molecular flexibility index (Phi) is 5.39. The van der Waals surface area contributed by atoms with Crippen LogP contribution in [0.25, 0.3) is 5.95 Å². The molecule has 1 fully saturated rings. The Morgan fingerprint density at radius 3 is 2.73 bits per heavy atom. The molecule has 3 heterocycles. The molecule has 0 spiro atoms. The van der Waals surface area contributed by atoms with Crippen molar-refractivity contribution in [3.8, 4) is 5.95 Å². The van der Waals surface area contributed by atoms with E-state index in [-0.39, 0.29) is 17.4 Å². The quantitative estimate of drug-likeness (QED) is 0.808. The maximum absolute atomic E-state index is 12.9. The molecule has 8 nitrogen and oxygen atoms in total. The molecule has 1 aliphatic heterocycles. The van der Waals surface area contributed by atoms with Crippen molar-refractivity contribution in [3.05, 3.63) is 39.1 Å². The van der Waals surface area contributed by atoms with Gasteiger partial charge in [0, 0.05) is 18.7 Å². The van der Waals surface area contributed by atoms with E-state index in [9.17, 15) is 22.8 Å². The van der Waals surface area contributed by atoms with Crippen LogP contribution in [0.3, 0.4) is 0 Å². The predicted octanol–water partition coefficient (Wildman–Crippen LogP) is 1.94. The van der Waals surface area contributed by atoms with Crippen LogP contribution in [0.2, 0.25) is 0 Å². The number of H-pyrrole nitrogens is 1. The number of hydrogen-bond donors (Lipinski definition) is 1. The van der Waals surface area contributed by atoms with E-state index >= 15 is 0 Å². The number of fused-ring (bicyclic) bond motifs is 1. The average Bonchev–Trinajstić information content (AvgIpc) is 3.32. The first-order valence-corrected chi connectivity index (χ1v) is 9.87. The van der Waals surface area contributed by atoms with Crippen molar-refractivity contribution >= 4 is 5.91 Å². The van der Waals surface area contributed by atoms with E-state index in [0.717, 1.165) is 18.5 Å². The van der Waals surface area contributed by atoms with Crippen molar-refractivity contribution in [2.75, 3.05) is 19.7 Å². The fraction of sp³-hybridized carbons (Fsp3) is 0.579. The second-order valence-corrected chi connectivity index (χ2v) is 7.64. The van der Waals surface area contributed by atoms with Crippen molar-refractivity contribution in [2.24, 2.45) is 0 Å².